The van der Waals surface area contributed by atoms with Crippen LogP contribution in [-0.2, 0) is 9.59 Å². The summed E-state index contributed by atoms with van der Waals surface area (Å²) in [5, 5.41) is 9.61. The van der Waals surface area contributed by atoms with Crippen LogP contribution in [0.5, 0.6) is 5.75 Å². The third-order valence-electron chi connectivity index (χ3n) is 5.42. The van der Waals surface area contributed by atoms with E-state index in [-0.39, 0.29) is 40.1 Å². The van der Waals surface area contributed by atoms with Crippen LogP contribution >= 0.6 is 23.4 Å². The zero-order valence-corrected chi connectivity index (χ0v) is 16.2. The van der Waals surface area contributed by atoms with Gasteiger partial charge in [0.15, 0.2) is 6.61 Å². The maximum atomic E-state index is 13.4. The van der Waals surface area contributed by atoms with Crippen molar-refractivity contribution in [1.82, 2.24) is 16.0 Å². The van der Waals surface area contributed by atoms with Gasteiger partial charge in [0.05, 0.1) is 15.8 Å². The Morgan fingerprint density at radius 1 is 1.37 bits per heavy atom. The van der Waals surface area contributed by atoms with Gasteiger partial charge in [0, 0.05) is 30.4 Å². The third kappa shape index (κ3) is 3.75. The molecule has 1 saturated heterocycles. The monoisotopic (exact) mass is 413 g/mol. The summed E-state index contributed by atoms with van der Waals surface area (Å²) < 4.78 is 18.7. The topological polar surface area (TPSA) is 79.5 Å². The minimum atomic E-state index is -0.590. The lowest BCUT2D eigenvalue weighted by Crippen LogP contribution is -2.78. The molecule has 9 heteroatoms. The van der Waals surface area contributed by atoms with Crippen molar-refractivity contribution >= 4 is 35.2 Å². The van der Waals surface area contributed by atoms with Gasteiger partial charge in [-0.25, -0.2) is 4.39 Å². The lowest BCUT2D eigenvalue weighted by Gasteiger charge is -2.69. The maximum Gasteiger partial charge on any atom is 0.258 e. The van der Waals surface area contributed by atoms with Crippen LogP contribution in [0.15, 0.2) is 18.2 Å². The van der Waals surface area contributed by atoms with Gasteiger partial charge in [-0.05, 0) is 31.4 Å². The molecule has 3 aliphatic carbocycles. The van der Waals surface area contributed by atoms with E-state index in [1.807, 2.05) is 11.8 Å². The summed E-state index contributed by atoms with van der Waals surface area (Å²) in [6, 6.07) is 4.04. The second-order valence-corrected chi connectivity index (χ2v) is 9.25. The van der Waals surface area contributed by atoms with Crippen LogP contribution in [-0.4, -0.2) is 48.2 Å². The first-order chi connectivity index (χ1) is 12.9. The Labute approximate surface area is 165 Å². The summed E-state index contributed by atoms with van der Waals surface area (Å²) in [6.07, 6.45) is 2.00. The van der Waals surface area contributed by atoms with Gasteiger partial charge < -0.3 is 20.7 Å². The predicted octanol–water partition coefficient (Wildman–Crippen LogP) is 1.68. The minimum Gasteiger partial charge on any atom is -0.484 e. The SMILES string of the molecule is O=C(COc1ccc(Cl)c(F)c1)NC12CC(C(=O)NCC3NCCS3)(C1)C2. The van der Waals surface area contributed by atoms with Crippen LogP contribution in [0.2, 0.25) is 5.02 Å². The predicted molar refractivity (Wildman–Crippen MR) is 101 cm³/mol. The van der Waals surface area contributed by atoms with Crippen molar-refractivity contribution < 1.29 is 18.7 Å². The molecule has 146 valence electrons. The van der Waals surface area contributed by atoms with Crippen LogP contribution < -0.4 is 20.7 Å². The molecule has 0 spiro atoms. The molecule has 6 nitrogen and oxygen atoms in total. The Kier molecular flexibility index (Phi) is 4.98. The molecular formula is C18H21ClFN3O3S. The molecule has 1 aliphatic heterocycles. The molecule has 1 atom stereocenters. The van der Waals surface area contributed by atoms with E-state index in [0.717, 1.165) is 18.4 Å². The van der Waals surface area contributed by atoms with E-state index < -0.39 is 5.82 Å². The summed E-state index contributed by atoms with van der Waals surface area (Å²) in [5.41, 5.74) is -0.611. The van der Waals surface area contributed by atoms with Gasteiger partial charge in [-0.15, -0.1) is 11.8 Å². The van der Waals surface area contributed by atoms with Crippen molar-refractivity contribution in [3.8, 4) is 5.75 Å². The molecular weight excluding hydrogens is 393 g/mol. The van der Waals surface area contributed by atoms with Gasteiger partial charge in [0.25, 0.3) is 5.91 Å². The van der Waals surface area contributed by atoms with E-state index in [0.29, 0.717) is 31.2 Å². The first-order valence-electron chi connectivity index (χ1n) is 8.92. The number of thioether (sulfide) groups is 1. The van der Waals surface area contributed by atoms with E-state index >= 15 is 0 Å². The molecule has 5 rings (SSSR count). The van der Waals surface area contributed by atoms with Crippen molar-refractivity contribution in [2.24, 2.45) is 5.41 Å². The van der Waals surface area contributed by atoms with E-state index in [1.54, 1.807) is 0 Å². The fourth-order valence-corrected chi connectivity index (χ4v) is 5.27. The van der Waals surface area contributed by atoms with Crippen LogP contribution in [0.25, 0.3) is 0 Å². The normalized spacial score (nSPS) is 30.8. The highest BCUT2D eigenvalue weighted by Crippen LogP contribution is 2.67. The number of carbonyl (C=O) groups is 2. The van der Waals surface area contributed by atoms with Gasteiger partial charge >= 0.3 is 0 Å². The molecule has 1 aromatic rings. The molecule has 0 radical (unpaired) electrons. The lowest BCUT2D eigenvalue weighted by molar-refractivity contribution is -0.183. The molecule has 3 saturated carbocycles. The smallest absolute Gasteiger partial charge is 0.258 e. The summed E-state index contributed by atoms with van der Waals surface area (Å²) >= 11 is 7.43. The molecule has 4 fully saturated rings. The standard InChI is InChI=1S/C18H21ClFN3O3S/c19-12-2-1-11(5-13(12)20)26-7-14(24)23-18-8-17(9-18,10-18)16(25)22-6-15-21-3-4-27-15/h1-2,5,15,21H,3-4,6-10H2,(H,22,25)(H,23,24). The number of hydrogen-bond acceptors (Lipinski definition) is 5. The Morgan fingerprint density at radius 3 is 2.81 bits per heavy atom. The number of ether oxygens (including phenoxy) is 1. The number of rotatable bonds is 7. The van der Waals surface area contributed by atoms with E-state index in [2.05, 4.69) is 16.0 Å². The first-order valence-corrected chi connectivity index (χ1v) is 10.3. The zero-order chi connectivity index (χ0) is 19.1. The Bertz CT molecular complexity index is 752. The van der Waals surface area contributed by atoms with Crippen molar-refractivity contribution in [2.45, 2.75) is 30.2 Å². The minimum absolute atomic E-state index is 0.00606. The second kappa shape index (κ2) is 7.14. The van der Waals surface area contributed by atoms with E-state index in [4.69, 9.17) is 16.3 Å². The summed E-state index contributed by atoms with van der Waals surface area (Å²) in [7, 11) is 0. The molecule has 1 heterocycles. The molecule has 2 amide bonds. The van der Waals surface area contributed by atoms with Crippen LogP contribution in [0.1, 0.15) is 19.3 Å². The number of carbonyl (C=O) groups excluding carboxylic acids is 2. The van der Waals surface area contributed by atoms with Gasteiger partial charge in [-0.1, -0.05) is 11.6 Å². The van der Waals surface area contributed by atoms with Crippen LogP contribution in [0, 0.1) is 11.2 Å². The molecule has 27 heavy (non-hydrogen) atoms. The lowest BCUT2D eigenvalue weighted by atomic mass is 9.39. The fraction of sp³-hybridized carbons (Fsp3) is 0.556. The highest BCUT2D eigenvalue weighted by atomic mass is 35.5. The van der Waals surface area contributed by atoms with Gasteiger partial charge in [-0.3, -0.25) is 9.59 Å². The van der Waals surface area contributed by atoms with Crippen molar-refractivity contribution in [2.75, 3.05) is 25.4 Å². The molecule has 2 bridgehead atoms. The average Bonchev–Trinajstić information content (AvgIpc) is 3.09. The van der Waals surface area contributed by atoms with E-state index in [9.17, 15) is 14.0 Å². The molecule has 4 aliphatic rings. The summed E-state index contributed by atoms with van der Waals surface area (Å²) in [5.74, 6) is 0.546. The van der Waals surface area contributed by atoms with Crippen LogP contribution in [0.4, 0.5) is 4.39 Å². The second-order valence-electron chi connectivity index (χ2n) is 7.53. The van der Waals surface area contributed by atoms with Gasteiger partial charge in [0.2, 0.25) is 5.91 Å². The van der Waals surface area contributed by atoms with Gasteiger partial charge in [0.1, 0.15) is 11.6 Å². The largest absolute Gasteiger partial charge is 0.484 e. The van der Waals surface area contributed by atoms with E-state index in [1.165, 1.54) is 12.1 Å². The first kappa shape index (κ1) is 18.8. The highest BCUT2D eigenvalue weighted by molar-refractivity contribution is 8.00. The number of amides is 2. The van der Waals surface area contributed by atoms with Crippen molar-refractivity contribution in [1.29, 1.82) is 0 Å². The molecule has 1 aromatic carbocycles. The highest BCUT2D eigenvalue weighted by Gasteiger charge is 2.72. The quantitative estimate of drug-likeness (QED) is 0.633. The number of nitrogens with one attached hydrogen (secondary N) is 3. The van der Waals surface area contributed by atoms with Gasteiger partial charge in [-0.2, -0.15) is 0 Å². The van der Waals surface area contributed by atoms with Crippen LogP contribution in [0.3, 0.4) is 0 Å². The number of benzene rings is 1. The Hall–Kier alpha value is -1.51. The molecule has 1 unspecified atom stereocenters. The number of hydrogen-bond donors (Lipinski definition) is 3. The number of halogens is 2. The zero-order valence-electron chi connectivity index (χ0n) is 14.6. The summed E-state index contributed by atoms with van der Waals surface area (Å²) in [6.45, 7) is 1.42. The van der Waals surface area contributed by atoms with Crippen molar-refractivity contribution in [3.05, 3.63) is 29.0 Å². The maximum absolute atomic E-state index is 13.4. The average molecular weight is 414 g/mol. The molecule has 3 N–H and O–H groups in total. The third-order valence-corrected chi connectivity index (χ3v) is 6.90. The summed E-state index contributed by atoms with van der Waals surface area (Å²) in [4.78, 5) is 24.5. The Morgan fingerprint density at radius 2 is 2.15 bits per heavy atom. The Balaban J connectivity index is 1.19. The van der Waals surface area contributed by atoms with Crippen molar-refractivity contribution in [3.63, 3.8) is 0 Å². The molecule has 0 aromatic heterocycles. The fourth-order valence-electron chi connectivity index (χ4n) is 4.19.